The van der Waals surface area contributed by atoms with E-state index in [-0.39, 0.29) is 29.6 Å². The van der Waals surface area contributed by atoms with Crippen LogP contribution in [0.2, 0.25) is 5.02 Å². The van der Waals surface area contributed by atoms with Crippen LogP contribution in [0.25, 0.3) is 11.1 Å². The number of hydrogen-bond donors (Lipinski definition) is 3. The average Bonchev–Trinajstić information content (AvgIpc) is 2.75. The predicted octanol–water partition coefficient (Wildman–Crippen LogP) is 2.49. The van der Waals surface area contributed by atoms with Gasteiger partial charge in [-0.3, -0.25) is 14.4 Å². The molecule has 2 aromatic rings. The van der Waals surface area contributed by atoms with E-state index in [0.29, 0.717) is 16.2 Å². The third-order valence-electron chi connectivity index (χ3n) is 5.07. The quantitative estimate of drug-likeness (QED) is 0.435. The number of carbonyl (C=O) groups is 4. The molecular formula is C23H23ClN3NaO5. The predicted molar refractivity (Wildman–Crippen MR) is 126 cm³/mol. The van der Waals surface area contributed by atoms with Gasteiger partial charge in [0.1, 0.15) is 0 Å². The van der Waals surface area contributed by atoms with E-state index in [0.717, 1.165) is 11.1 Å². The number of carboxylic acids is 1. The summed E-state index contributed by atoms with van der Waals surface area (Å²) in [5.74, 6) is -2.22. The molecule has 2 unspecified atom stereocenters. The molecule has 10 heteroatoms. The van der Waals surface area contributed by atoms with E-state index in [9.17, 15) is 24.3 Å². The fraction of sp³-hybridized carbons (Fsp3) is 0.217. The van der Waals surface area contributed by atoms with E-state index in [2.05, 4.69) is 10.6 Å². The molecule has 168 valence electrons. The zero-order valence-electron chi connectivity index (χ0n) is 17.5. The topological polar surface area (TPSA) is 116 Å². The van der Waals surface area contributed by atoms with Crippen LogP contribution in [-0.2, 0) is 14.4 Å². The minimum absolute atomic E-state index is 0. The molecule has 3 N–H and O–H groups in total. The second-order valence-electron chi connectivity index (χ2n) is 7.43. The maximum absolute atomic E-state index is 12.6. The molecule has 0 fully saturated rings. The maximum atomic E-state index is 12.6. The summed E-state index contributed by atoms with van der Waals surface area (Å²) in [4.78, 5) is 49.9. The van der Waals surface area contributed by atoms with Gasteiger partial charge >= 0.3 is 41.6 Å². The number of carbonyl (C=O) groups excluding carboxylic acids is 3. The van der Waals surface area contributed by atoms with Gasteiger partial charge in [-0.25, -0.2) is 4.79 Å². The molecule has 33 heavy (non-hydrogen) atoms. The third kappa shape index (κ3) is 6.45. The molecule has 0 aromatic heterocycles. The van der Waals surface area contributed by atoms with E-state index in [1.165, 1.54) is 18.1 Å². The van der Waals surface area contributed by atoms with Crippen LogP contribution in [0.15, 0.2) is 60.3 Å². The zero-order valence-corrected chi connectivity index (χ0v) is 18.2. The molecule has 0 bridgehead atoms. The second kappa shape index (κ2) is 11.5. The molecule has 1 heterocycles. The van der Waals surface area contributed by atoms with E-state index >= 15 is 0 Å². The summed E-state index contributed by atoms with van der Waals surface area (Å²) in [6, 6.07) is 11.1. The van der Waals surface area contributed by atoms with Crippen molar-refractivity contribution >= 4 is 64.8 Å². The van der Waals surface area contributed by atoms with Crippen LogP contribution in [0.5, 0.6) is 0 Å². The van der Waals surface area contributed by atoms with Crippen molar-refractivity contribution in [3.63, 3.8) is 0 Å². The van der Waals surface area contributed by atoms with Gasteiger partial charge in [-0.1, -0.05) is 48.0 Å². The first kappa shape index (κ1) is 26.6. The van der Waals surface area contributed by atoms with Crippen molar-refractivity contribution in [2.75, 3.05) is 7.05 Å². The molecule has 3 rings (SSSR count). The van der Waals surface area contributed by atoms with Gasteiger partial charge < -0.3 is 20.6 Å². The van der Waals surface area contributed by atoms with Crippen molar-refractivity contribution in [1.82, 2.24) is 15.5 Å². The molecule has 2 atom stereocenters. The summed E-state index contributed by atoms with van der Waals surface area (Å²) in [7, 11) is 1.48. The molecule has 0 aliphatic carbocycles. The normalized spacial score (nSPS) is 16.4. The van der Waals surface area contributed by atoms with Crippen molar-refractivity contribution < 1.29 is 24.3 Å². The monoisotopic (exact) mass is 479 g/mol. The molecule has 8 nitrogen and oxygen atoms in total. The first-order chi connectivity index (χ1) is 15.2. The fourth-order valence-corrected chi connectivity index (χ4v) is 3.71. The molecule has 3 amide bonds. The van der Waals surface area contributed by atoms with Gasteiger partial charge in [0.2, 0.25) is 0 Å². The first-order valence-electron chi connectivity index (χ1n) is 9.80. The van der Waals surface area contributed by atoms with Gasteiger partial charge in [0.25, 0.3) is 5.91 Å². The Balaban J connectivity index is 0.00000385. The Kier molecular flexibility index (Phi) is 9.25. The van der Waals surface area contributed by atoms with Crippen molar-refractivity contribution in [3.8, 4) is 11.1 Å². The number of nitrogens with one attached hydrogen (secondary N) is 2. The third-order valence-corrected chi connectivity index (χ3v) is 5.40. The Bertz CT molecular complexity index is 1120. The summed E-state index contributed by atoms with van der Waals surface area (Å²) >= 11 is 6.27. The van der Waals surface area contributed by atoms with Crippen LogP contribution < -0.4 is 10.6 Å². The molecule has 0 radical (unpaired) electrons. The van der Waals surface area contributed by atoms with Gasteiger partial charge in [0.05, 0.1) is 12.5 Å². The Morgan fingerprint density at radius 3 is 2.52 bits per heavy atom. The van der Waals surface area contributed by atoms with E-state index in [4.69, 9.17) is 11.6 Å². The summed E-state index contributed by atoms with van der Waals surface area (Å²) in [5.41, 5.74) is 2.38. The zero-order chi connectivity index (χ0) is 23.4. The van der Waals surface area contributed by atoms with Crippen LogP contribution in [-0.4, -0.2) is 76.3 Å². The Labute approximate surface area is 218 Å². The van der Waals surface area contributed by atoms with Crippen LogP contribution >= 0.6 is 11.6 Å². The Morgan fingerprint density at radius 1 is 1.15 bits per heavy atom. The summed E-state index contributed by atoms with van der Waals surface area (Å²) in [6.07, 6.45) is 0.999. The Morgan fingerprint density at radius 2 is 1.85 bits per heavy atom. The Hall–Kier alpha value is -2.65. The number of likely N-dealkylation sites (N-methyl/N-ethyl adjacent to an activating group) is 1. The van der Waals surface area contributed by atoms with E-state index < -0.39 is 42.2 Å². The number of Topliss-reactive ketones (excluding diaryl/α,β-unsaturated/α-hetero) is 1. The standard InChI is InChI=1S/C23H22ClN3O5.Na.H/c1-13-12-27(2)22(31)20(21(13)30)26-23(32)25-18(11-19(28)29)15-7-5-6-14(10-15)16-8-3-4-9-17(16)24;;/h3-10,12,18,20H,11H2,1-2H3,(H,28,29)(H2,25,26,32);;. The molecule has 0 saturated heterocycles. The number of ketones is 1. The fourth-order valence-electron chi connectivity index (χ4n) is 3.46. The van der Waals surface area contributed by atoms with Crippen molar-refractivity contribution in [2.24, 2.45) is 0 Å². The molecule has 2 aromatic carbocycles. The average molecular weight is 480 g/mol. The number of halogens is 1. The van der Waals surface area contributed by atoms with Crippen LogP contribution in [0, 0.1) is 0 Å². The second-order valence-corrected chi connectivity index (χ2v) is 7.84. The SMILES string of the molecule is CC1=CN(C)C(=O)C(NC(=O)NC(CC(=O)O)c2cccc(-c3ccccc3Cl)c2)C1=O.[NaH]. The number of hydrogen-bond acceptors (Lipinski definition) is 4. The van der Waals surface area contributed by atoms with Crippen LogP contribution in [0.1, 0.15) is 24.9 Å². The van der Waals surface area contributed by atoms with Gasteiger partial charge in [-0.15, -0.1) is 0 Å². The minimum atomic E-state index is -1.37. The summed E-state index contributed by atoms with van der Waals surface area (Å²) in [5, 5.41) is 14.8. The van der Waals surface area contributed by atoms with Crippen LogP contribution in [0.4, 0.5) is 4.79 Å². The number of aliphatic carboxylic acids is 1. The number of benzene rings is 2. The van der Waals surface area contributed by atoms with Gasteiger partial charge in [-0.2, -0.15) is 0 Å². The number of amides is 3. The van der Waals surface area contributed by atoms with Crippen molar-refractivity contribution in [1.29, 1.82) is 0 Å². The van der Waals surface area contributed by atoms with Crippen molar-refractivity contribution in [3.05, 3.63) is 70.9 Å². The molecule has 0 saturated carbocycles. The molecule has 0 spiro atoms. The number of rotatable bonds is 6. The van der Waals surface area contributed by atoms with Gasteiger partial charge in [0.15, 0.2) is 11.8 Å². The summed E-state index contributed by atoms with van der Waals surface area (Å²) < 4.78 is 0. The van der Waals surface area contributed by atoms with Gasteiger partial charge in [0, 0.05) is 29.4 Å². The number of carboxylic acid groups (broad SMARTS) is 1. The molecule has 1 aliphatic heterocycles. The molecule has 1 aliphatic rings. The first-order valence-corrected chi connectivity index (χ1v) is 10.2. The van der Waals surface area contributed by atoms with E-state index in [1.54, 1.807) is 37.3 Å². The van der Waals surface area contributed by atoms with Crippen LogP contribution in [0.3, 0.4) is 0 Å². The van der Waals surface area contributed by atoms with Gasteiger partial charge in [-0.05, 0) is 30.2 Å². The van der Waals surface area contributed by atoms with E-state index in [1.807, 2.05) is 18.2 Å². The number of nitrogens with zero attached hydrogens (tertiary/aromatic N) is 1. The van der Waals surface area contributed by atoms with Crippen molar-refractivity contribution in [2.45, 2.75) is 25.4 Å². The molecular weight excluding hydrogens is 457 g/mol. The number of urea groups is 1. The summed E-state index contributed by atoms with van der Waals surface area (Å²) in [6.45, 7) is 1.55.